The van der Waals surface area contributed by atoms with Crippen molar-refractivity contribution >= 4 is 0 Å². The number of nitrogens with zero attached hydrogens (tertiary/aromatic N) is 1. The van der Waals surface area contributed by atoms with E-state index < -0.39 is 0 Å². The number of hydrogen-bond donors (Lipinski definition) is 1. The van der Waals surface area contributed by atoms with Gasteiger partial charge in [0, 0.05) is 31.2 Å². The monoisotopic (exact) mass is 192 g/mol. The van der Waals surface area contributed by atoms with Gasteiger partial charge in [0.2, 0.25) is 0 Å². The average molecular weight is 192 g/mol. The summed E-state index contributed by atoms with van der Waals surface area (Å²) >= 11 is 0. The molecule has 3 heteroatoms. The third-order valence-corrected chi connectivity index (χ3v) is 3.29. The molecule has 2 aliphatic heterocycles. The number of likely N-dealkylation sites (tertiary alicyclic amines) is 1. The first-order valence-corrected chi connectivity index (χ1v) is 5.37. The normalized spacial score (nSPS) is 32.3. The van der Waals surface area contributed by atoms with Crippen molar-refractivity contribution in [1.82, 2.24) is 10.2 Å². The predicted molar refractivity (Wildman–Crippen MR) is 53.9 cm³/mol. The van der Waals surface area contributed by atoms with Gasteiger partial charge in [-0.2, -0.15) is 0 Å². The highest BCUT2D eigenvalue weighted by atomic mass is 16.3. The molecular weight excluding hydrogens is 176 g/mol. The predicted octanol–water partition coefficient (Wildman–Crippen LogP) is 1.07. The van der Waals surface area contributed by atoms with Gasteiger partial charge in [0.05, 0.1) is 12.5 Å². The van der Waals surface area contributed by atoms with Gasteiger partial charge in [0.25, 0.3) is 0 Å². The van der Waals surface area contributed by atoms with E-state index in [0.717, 1.165) is 18.5 Å². The van der Waals surface area contributed by atoms with E-state index in [1.807, 2.05) is 6.26 Å². The van der Waals surface area contributed by atoms with Crippen molar-refractivity contribution < 1.29 is 4.42 Å². The van der Waals surface area contributed by atoms with E-state index in [1.165, 1.54) is 31.6 Å². The Morgan fingerprint density at radius 2 is 2.50 bits per heavy atom. The topological polar surface area (TPSA) is 28.4 Å². The van der Waals surface area contributed by atoms with Crippen LogP contribution >= 0.6 is 0 Å². The molecule has 1 aromatic heterocycles. The van der Waals surface area contributed by atoms with Gasteiger partial charge in [-0.1, -0.05) is 0 Å². The Kier molecular flexibility index (Phi) is 2.07. The molecule has 2 bridgehead atoms. The fourth-order valence-corrected chi connectivity index (χ4v) is 2.70. The van der Waals surface area contributed by atoms with Gasteiger partial charge >= 0.3 is 0 Å². The SMILES string of the molecule is c1cc(CN2CC3CNC(C3)C2)co1. The first-order valence-electron chi connectivity index (χ1n) is 5.37. The minimum atomic E-state index is 0.737. The Bertz CT molecular complexity index is 284. The molecule has 2 saturated heterocycles. The lowest BCUT2D eigenvalue weighted by Gasteiger charge is -2.30. The number of fused-ring (bicyclic) bond motifs is 2. The van der Waals surface area contributed by atoms with E-state index in [4.69, 9.17) is 4.42 Å². The van der Waals surface area contributed by atoms with Gasteiger partial charge in [0.15, 0.2) is 0 Å². The van der Waals surface area contributed by atoms with Crippen LogP contribution in [0.2, 0.25) is 0 Å². The van der Waals surface area contributed by atoms with Crippen molar-refractivity contribution in [2.24, 2.45) is 5.92 Å². The third kappa shape index (κ3) is 1.57. The second-order valence-electron chi connectivity index (χ2n) is 4.53. The Morgan fingerprint density at radius 3 is 3.29 bits per heavy atom. The Labute approximate surface area is 84.1 Å². The fourth-order valence-electron chi connectivity index (χ4n) is 2.70. The molecule has 0 spiro atoms. The molecular formula is C11H16N2O. The van der Waals surface area contributed by atoms with Gasteiger partial charge in [-0.05, 0) is 24.9 Å². The molecule has 76 valence electrons. The lowest BCUT2D eigenvalue weighted by molar-refractivity contribution is 0.185. The number of hydrogen-bond acceptors (Lipinski definition) is 3. The zero-order valence-corrected chi connectivity index (χ0v) is 8.28. The maximum absolute atomic E-state index is 5.08. The summed E-state index contributed by atoms with van der Waals surface area (Å²) in [6, 6.07) is 2.80. The van der Waals surface area contributed by atoms with Crippen LogP contribution in [0.3, 0.4) is 0 Å². The van der Waals surface area contributed by atoms with Gasteiger partial charge in [0.1, 0.15) is 0 Å². The van der Waals surface area contributed by atoms with Crippen LogP contribution in [0, 0.1) is 5.92 Å². The van der Waals surface area contributed by atoms with Gasteiger partial charge in [-0.25, -0.2) is 0 Å². The second-order valence-corrected chi connectivity index (χ2v) is 4.53. The van der Waals surface area contributed by atoms with Gasteiger partial charge in [-0.3, -0.25) is 4.90 Å². The highest BCUT2D eigenvalue weighted by Gasteiger charge is 2.32. The van der Waals surface area contributed by atoms with Crippen LogP contribution in [0.4, 0.5) is 0 Å². The molecule has 2 unspecified atom stereocenters. The van der Waals surface area contributed by atoms with Crippen LogP contribution < -0.4 is 5.32 Å². The summed E-state index contributed by atoms with van der Waals surface area (Å²) in [7, 11) is 0. The summed E-state index contributed by atoms with van der Waals surface area (Å²) < 4.78 is 5.08. The van der Waals surface area contributed by atoms with E-state index in [-0.39, 0.29) is 0 Å². The highest BCUT2D eigenvalue weighted by Crippen LogP contribution is 2.23. The standard InChI is InChI=1S/C11H16N2O/c1-2-14-8-9(1)5-13-6-10-3-11(7-13)12-4-10/h1-2,8,10-12H,3-7H2. The molecule has 3 rings (SSSR count). The number of piperidine rings is 1. The van der Waals surface area contributed by atoms with Crippen LogP contribution in [0.15, 0.2) is 23.0 Å². The van der Waals surface area contributed by atoms with E-state index in [2.05, 4.69) is 16.3 Å². The van der Waals surface area contributed by atoms with Crippen LogP contribution in [0.25, 0.3) is 0 Å². The van der Waals surface area contributed by atoms with E-state index >= 15 is 0 Å². The van der Waals surface area contributed by atoms with Gasteiger partial charge < -0.3 is 9.73 Å². The van der Waals surface area contributed by atoms with Crippen LogP contribution in [-0.4, -0.2) is 30.6 Å². The number of furan rings is 1. The molecule has 0 aliphatic carbocycles. The molecule has 2 fully saturated rings. The second kappa shape index (κ2) is 3.41. The van der Waals surface area contributed by atoms with Crippen molar-refractivity contribution in [2.75, 3.05) is 19.6 Å². The highest BCUT2D eigenvalue weighted by molar-refractivity contribution is 5.06. The molecule has 0 saturated carbocycles. The first kappa shape index (κ1) is 8.50. The first-order chi connectivity index (χ1) is 6.90. The minimum Gasteiger partial charge on any atom is -0.472 e. The molecule has 0 amide bonds. The largest absolute Gasteiger partial charge is 0.472 e. The van der Waals surface area contributed by atoms with E-state index in [9.17, 15) is 0 Å². The Morgan fingerprint density at radius 1 is 1.50 bits per heavy atom. The summed E-state index contributed by atoms with van der Waals surface area (Å²) in [5, 5.41) is 3.56. The van der Waals surface area contributed by atoms with Gasteiger partial charge in [-0.15, -0.1) is 0 Å². The fraction of sp³-hybridized carbons (Fsp3) is 0.636. The number of rotatable bonds is 2. The molecule has 14 heavy (non-hydrogen) atoms. The molecule has 1 N–H and O–H groups in total. The maximum Gasteiger partial charge on any atom is 0.0947 e. The van der Waals surface area contributed by atoms with Crippen molar-refractivity contribution in [1.29, 1.82) is 0 Å². The quantitative estimate of drug-likeness (QED) is 0.760. The Hall–Kier alpha value is -0.800. The summed E-state index contributed by atoms with van der Waals surface area (Å²) in [5.74, 6) is 0.876. The summed E-state index contributed by atoms with van der Waals surface area (Å²) in [6.45, 7) is 4.70. The average Bonchev–Trinajstić information content (AvgIpc) is 2.77. The van der Waals surface area contributed by atoms with Crippen molar-refractivity contribution in [3.63, 3.8) is 0 Å². The molecule has 0 aromatic carbocycles. The molecule has 3 nitrogen and oxygen atoms in total. The number of nitrogens with one attached hydrogen (secondary N) is 1. The van der Waals surface area contributed by atoms with Crippen LogP contribution in [0.5, 0.6) is 0 Å². The molecule has 3 heterocycles. The summed E-state index contributed by atoms with van der Waals surface area (Å²) in [4.78, 5) is 2.53. The Balaban J connectivity index is 1.64. The van der Waals surface area contributed by atoms with Crippen molar-refractivity contribution in [3.8, 4) is 0 Å². The summed E-state index contributed by atoms with van der Waals surface area (Å²) in [5.41, 5.74) is 1.30. The lowest BCUT2D eigenvalue weighted by Crippen LogP contribution is -2.40. The van der Waals surface area contributed by atoms with Crippen LogP contribution in [-0.2, 0) is 6.54 Å². The molecule has 0 radical (unpaired) electrons. The molecule has 1 aromatic rings. The lowest BCUT2D eigenvalue weighted by atomic mass is 10.00. The van der Waals surface area contributed by atoms with Crippen LogP contribution in [0.1, 0.15) is 12.0 Å². The van der Waals surface area contributed by atoms with Crippen molar-refractivity contribution in [2.45, 2.75) is 19.0 Å². The summed E-state index contributed by atoms with van der Waals surface area (Å²) in [6.07, 6.45) is 4.98. The van der Waals surface area contributed by atoms with Crippen molar-refractivity contribution in [3.05, 3.63) is 24.2 Å². The van der Waals surface area contributed by atoms with E-state index in [0.29, 0.717) is 0 Å². The van der Waals surface area contributed by atoms with E-state index in [1.54, 1.807) is 6.26 Å². The molecule has 2 atom stereocenters. The zero-order valence-electron chi connectivity index (χ0n) is 8.28. The maximum atomic E-state index is 5.08. The molecule has 2 aliphatic rings. The minimum absolute atomic E-state index is 0.737. The zero-order chi connectivity index (χ0) is 9.38. The third-order valence-electron chi connectivity index (χ3n) is 3.29. The smallest absolute Gasteiger partial charge is 0.0947 e.